The summed E-state index contributed by atoms with van der Waals surface area (Å²) in [6, 6.07) is 13.3. The monoisotopic (exact) mass is 444 g/mol. The summed E-state index contributed by atoms with van der Waals surface area (Å²) in [5.74, 6) is 2.12. The van der Waals surface area contributed by atoms with E-state index >= 15 is 0 Å². The summed E-state index contributed by atoms with van der Waals surface area (Å²) in [4.78, 5) is 24.1. The molecule has 6 nitrogen and oxygen atoms in total. The van der Waals surface area contributed by atoms with E-state index in [-0.39, 0.29) is 23.3 Å². The molecule has 0 aliphatic heterocycles. The summed E-state index contributed by atoms with van der Waals surface area (Å²) >= 11 is 1.28. The fourth-order valence-corrected chi connectivity index (χ4v) is 3.40. The van der Waals surface area contributed by atoms with Crippen molar-refractivity contribution in [1.29, 1.82) is 0 Å². The number of hydrogen-bond acceptors (Lipinski definition) is 5. The van der Waals surface area contributed by atoms with Gasteiger partial charge in [0.15, 0.2) is 11.5 Å². The Kier molecular flexibility index (Phi) is 10.2. The van der Waals surface area contributed by atoms with Gasteiger partial charge >= 0.3 is 0 Å². The molecule has 0 fully saturated rings. The van der Waals surface area contributed by atoms with Gasteiger partial charge in [-0.3, -0.25) is 9.59 Å². The van der Waals surface area contributed by atoms with Gasteiger partial charge in [-0.15, -0.1) is 11.8 Å². The molecule has 0 spiro atoms. The fourth-order valence-electron chi connectivity index (χ4n) is 2.75. The first-order valence-electron chi connectivity index (χ1n) is 10.4. The van der Waals surface area contributed by atoms with E-state index in [9.17, 15) is 9.59 Å². The lowest BCUT2D eigenvalue weighted by Gasteiger charge is -2.13. The fraction of sp³-hybridized carbons (Fsp3) is 0.417. The quantitative estimate of drug-likeness (QED) is 0.507. The SMILES string of the molecule is COc1cc(CNC(=O)CSCC(=O)Nc2cccc(C)c2)ccc1OCCC(C)C. The zero-order valence-electron chi connectivity index (χ0n) is 18.7. The van der Waals surface area contributed by atoms with Crippen LogP contribution in [0.15, 0.2) is 42.5 Å². The van der Waals surface area contributed by atoms with E-state index in [4.69, 9.17) is 9.47 Å². The van der Waals surface area contributed by atoms with Crippen molar-refractivity contribution in [2.75, 3.05) is 30.5 Å². The smallest absolute Gasteiger partial charge is 0.234 e. The van der Waals surface area contributed by atoms with E-state index in [0.29, 0.717) is 30.6 Å². The standard InChI is InChI=1S/C24H32N2O4S/c1-17(2)10-11-30-21-9-8-19(13-22(21)29-4)14-25-23(27)15-31-16-24(28)26-20-7-5-6-18(3)12-20/h5-9,12-13,17H,10-11,14-16H2,1-4H3,(H,25,27)(H,26,28). The van der Waals surface area contributed by atoms with E-state index < -0.39 is 0 Å². The van der Waals surface area contributed by atoms with Crippen molar-refractivity contribution in [1.82, 2.24) is 5.32 Å². The third-order valence-electron chi connectivity index (χ3n) is 4.44. The van der Waals surface area contributed by atoms with Crippen molar-refractivity contribution in [3.63, 3.8) is 0 Å². The van der Waals surface area contributed by atoms with Crippen LogP contribution in [0.3, 0.4) is 0 Å². The second-order valence-corrected chi connectivity index (χ2v) is 8.69. The number of carbonyl (C=O) groups is 2. The molecule has 2 aromatic rings. The molecule has 0 saturated carbocycles. The van der Waals surface area contributed by atoms with Crippen LogP contribution in [-0.2, 0) is 16.1 Å². The highest BCUT2D eigenvalue weighted by atomic mass is 32.2. The molecule has 168 valence electrons. The molecule has 0 bridgehead atoms. The molecule has 0 atom stereocenters. The van der Waals surface area contributed by atoms with Crippen LogP contribution < -0.4 is 20.1 Å². The van der Waals surface area contributed by atoms with Crippen molar-refractivity contribution in [3.05, 3.63) is 53.6 Å². The lowest BCUT2D eigenvalue weighted by atomic mass is 10.1. The lowest BCUT2D eigenvalue weighted by molar-refractivity contribution is -0.118. The Labute approximate surface area is 189 Å². The van der Waals surface area contributed by atoms with Crippen LogP contribution in [0.2, 0.25) is 0 Å². The van der Waals surface area contributed by atoms with Gasteiger partial charge in [0.05, 0.1) is 25.2 Å². The Morgan fingerprint density at radius 1 is 1.03 bits per heavy atom. The van der Waals surface area contributed by atoms with Gasteiger partial charge in [-0.1, -0.05) is 32.0 Å². The Morgan fingerprint density at radius 2 is 1.81 bits per heavy atom. The number of carbonyl (C=O) groups excluding carboxylic acids is 2. The number of anilines is 1. The zero-order chi connectivity index (χ0) is 22.6. The first kappa shape index (κ1) is 24.6. The number of rotatable bonds is 12. The van der Waals surface area contributed by atoms with E-state index in [1.165, 1.54) is 11.8 Å². The molecule has 0 saturated heterocycles. The first-order valence-corrected chi connectivity index (χ1v) is 11.5. The molecule has 0 aliphatic carbocycles. The largest absolute Gasteiger partial charge is 0.493 e. The third-order valence-corrected chi connectivity index (χ3v) is 5.37. The van der Waals surface area contributed by atoms with Gasteiger partial charge in [-0.2, -0.15) is 0 Å². The third kappa shape index (κ3) is 9.34. The van der Waals surface area contributed by atoms with Gasteiger partial charge in [-0.05, 0) is 54.7 Å². The Hall–Kier alpha value is -2.67. The molecule has 0 aliphatic rings. The summed E-state index contributed by atoms with van der Waals surface area (Å²) in [7, 11) is 1.60. The lowest BCUT2D eigenvalue weighted by Crippen LogP contribution is -2.25. The highest BCUT2D eigenvalue weighted by molar-refractivity contribution is 8.00. The minimum atomic E-state index is -0.124. The molecule has 0 radical (unpaired) electrons. The number of thioether (sulfide) groups is 1. The molecule has 0 aromatic heterocycles. The van der Waals surface area contributed by atoms with Crippen LogP contribution in [0, 0.1) is 12.8 Å². The highest BCUT2D eigenvalue weighted by Crippen LogP contribution is 2.28. The van der Waals surface area contributed by atoms with Crippen LogP contribution >= 0.6 is 11.8 Å². The van der Waals surface area contributed by atoms with E-state index in [1.54, 1.807) is 7.11 Å². The van der Waals surface area contributed by atoms with Gasteiger partial charge < -0.3 is 20.1 Å². The predicted octanol–water partition coefficient (Wildman–Crippen LogP) is 4.42. The molecular formula is C24H32N2O4S. The average molecular weight is 445 g/mol. The molecule has 7 heteroatoms. The van der Waals surface area contributed by atoms with Gasteiger partial charge in [0.1, 0.15) is 0 Å². The van der Waals surface area contributed by atoms with Crippen molar-refractivity contribution in [2.24, 2.45) is 5.92 Å². The van der Waals surface area contributed by atoms with E-state index in [1.807, 2.05) is 49.4 Å². The number of methoxy groups -OCH3 is 1. The van der Waals surface area contributed by atoms with Gasteiger partial charge in [0.25, 0.3) is 0 Å². The summed E-state index contributed by atoms with van der Waals surface area (Å²) < 4.78 is 11.2. The molecule has 0 unspecified atom stereocenters. The minimum Gasteiger partial charge on any atom is -0.493 e. The second-order valence-electron chi connectivity index (χ2n) is 7.70. The van der Waals surface area contributed by atoms with Crippen LogP contribution in [0.4, 0.5) is 5.69 Å². The molecule has 2 amide bonds. The normalized spacial score (nSPS) is 10.6. The predicted molar refractivity (Wildman–Crippen MR) is 127 cm³/mol. The van der Waals surface area contributed by atoms with Crippen LogP contribution in [0.5, 0.6) is 11.5 Å². The van der Waals surface area contributed by atoms with Crippen LogP contribution in [-0.4, -0.2) is 37.0 Å². The van der Waals surface area contributed by atoms with Crippen molar-refractivity contribution >= 4 is 29.3 Å². The van der Waals surface area contributed by atoms with Gasteiger partial charge in [0.2, 0.25) is 11.8 Å². The Morgan fingerprint density at radius 3 is 2.52 bits per heavy atom. The minimum absolute atomic E-state index is 0.121. The van der Waals surface area contributed by atoms with Crippen molar-refractivity contribution in [2.45, 2.75) is 33.7 Å². The summed E-state index contributed by atoms with van der Waals surface area (Å²) in [5.41, 5.74) is 2.76. The number of aryl methyl sites for hydroxylation is 1. The number of nitrogens with one attached hydrogen (secondary N) is 2. The maximum Gasteiger partial charge on any atom is 0.234 e. The summed E-state index contributed by atoms with van der Waals surface area (Å²) in [5, 5.41) is 5.71. The number of amides is 2. The summed E-state index contributed by atoms with van der Waals surface area (Å²) in [6.07, 6.45) is 0.974. The first-order chi connectivity index (χ1) is 14.9. The van der Waals surface area contributed by atoms with Gasteiger partial charge in [-0.25, -0.2) is 0 Å². The van der Waals surface area contributed by atoms with Gasteiger partial charge in [0, 0.05) is 12.2 Å². The zero-order valence-corrected chi connectivity index (χ0v) is 19.5. The van der Waals surface area contributed by atoms with Crippen molar-refractivity contribution < 1.29 is 19.1 Å². The molecule has 2 rings (SSSR count). The van der Waals surface area contributed by atoms with E-state index in [0.717, 1.165) is 23.2 Å². The van der Waals surface area contributed by atoms with Crippen LogP contribution in [0.25, 0.3) is 0 Å². The second kappa shape index (κ2) is 12.9. The van der Waals surface area contributed by atoms with Crippen molar-refractivity contribution in [3.8, 4) is 11.5 Å². The Bertz CT molecular complexity index is 870. The topological polar surface area (TPSA) is 76.7 Å². The average Bonchev–Trinajstić information content (AvgIpc) is 2.72. The molecule has 2 N–H and O–H groups in total. The maximum atomic E-state index is 12.1. The number of ether oxygens (including phenoxy) is 2. The number of hydrogen-bond donors (Lipinski definition) is 2. The molecule has 0 heterocycles. The van der Waals surface area contributed by atoms with E-state index in [2.05, 4.69) is 24.5 Å². The molecule has 2 aromatic carbocycles. The number of benzene rings is 2. The summed E-state index contributed by atoms with van der Waals surface area (Å²) in [6.45, 7) is 7.30. The van der Waals surface area contributed by atoms with Crippen LogP contribution in [0.1, 0.15) is 31.4 Å². The highest BCUT2D eigenvalue weighted by Gasteiger charge is 2.09. The molecular weight excluding hydrogens is 412 g/mol. The molecule has 31 heavy (non-hydrogen) atoms. The maximum absolute atomic E-state index is 12.1. The Balaban J connectivity index is 1.72.